The van der Waals surface area contributed by atoms with Crippen LogP contribution >= 0.6 is 0 Å². The molecule has 7 heteroatoms. The van der Waals surface area contributed by atoms with Crippen molar-refractivity contribution in [2.24, 2.45) is 5.73 Å². The number of aromatic nitrogens is 2. The van der Waals surface area contributed by atoms with Crippen LogP contribution < -0.4 is 11.1 Å². The molecule has 0 aliphatic rings. The molecule has 0 aliphatic carbocycles. The molecule has 0 spiro atoms. The third kappa shape index (κ3) is 3.72. The van der Waals surface area contributed by atoms with E-state index in [-0.39, 0.29) is 17.5 Å². The van der Waals surface area contributed by atoms with Gasteiger partial charge in [0.1, 0.15) is 0 Å². The lowest BCUT2D eigenvalue weighted by Crippen LogP contribution is -2.17. The molecule has 0 saturated carbocycles. The van der Waals surface area contributed by atoms with Gasteiger partial charge in [0, 0.05) is 17.8 Å². The molecule has 0 fully saturated rings. The number of anilines is 1. The van der Waals surface area contributed by atoms with Gasteiger partial charge in [0.25, 0.3) is 11.8 Å². The zero-order chi connectivity index (χ0) is 18.7. The summed E-state index contributed by atoms with van der Waals surface area (Å²) in [5, 5.41) is 12.4. The summed E-state index contributed by atoms with van der Waals surface area (Å²) in [4.78, 5) is 27.3. The van der Waals surface area contributed by atoms with Gasteiger partial charge in [-0.3, -0.25) is 9.59 Å². The first-order valence-electron chi connectivity index (χ1n) is 7.95. The maximum absolute atomic E-state index is 12.2. The Balaban J connectivity index is 1.70. The molecule has 0 radical (unpaired) electrons. The Morgan fingerprint density at radius 2 is 1.77 bits per heavy atom. The quantitative estimate of drug-likeness (QED) is 0.655. The number of benzene rings is 2. The summed E-state index contributed by atoms with van der Waals surface area (Å²) in [6, 6.07) is 14.5. The van der Waals surface area contributed by atoms with Crippen molar-refractivity contribution in [1.82, 2.24) is 9.55 Å². The molecule has 3 rings (SSSR count). The average molecular weight is 350 g/mol. The van der Waals surface area contributed by atoms with E-state index in [9.17, 15) is 14.7 Å². The SMILES string of the molecule is Cc1ccc(C(=O)Nc2ccc(Cn3cnc(O)c3C(N)=O)cc2)cc1. The normalized spacial score (nSPS) is 10.5. The highest BCUT2D eigenvalue weighted by molar-refractivity contribution is 6.04. The van der Waals surface area contributed by atoms with Gasteiger partial charge in [-0.1, -0.05) is 29.8 Å². The fraction of sp³-hybridized carbons (Fsp3) is 0.105. The van der Waals surface area contributed by atoms with Crippen molar-refractivity contribution in [2.45, 2.75) is 13.5 Å². The molecule has 0 unspecified atom stereocenters. The van der Waals surface area contributed by atoms with E-state index in [0.717, 1.165) is 11.1 Å². The Morgan fingerprint density at radius 3 is 2.38 bits per heavy atom. The van der Waals surface area contributed by atoms with Crippen LogP contribution in [0.25, 0.3) is 0 Å². The number of primary amides is 1. The summed E-state index contributed by atoms with van der Waals surface area (Å²) in [7, 11) is 0. The predicted octanol–water partition coefficient (Wildman–Crippen LogP) is 2.30. The molecule has 0 aliphatic heterocycles. The second-order valence-electron chi connectivity index (χ2n) is 5.93. The molecule has 2 amide bonds. The van der Waals surface area contributed by atoms with Crippen molar-refractivity contribution in [3.63, 3.8) is 0 Å². The highest BCUT2D eigenvalue weighted by Gasteiger charge is 2.15. The Hall–Kier alpha value is -3.61. The third-order valence-corrected chi connectivity index (χ3v) is 3.93. The first kappa shape index (κ1) is 17.2. The maximum atomic E-state index is 12.2. The van der Waals surface area contributed by atoms with Crippen LogP contribution in [0.3, 0.4) is 0 Å². The van der Waals surface area contributed by atoms with Crippen LogP contribution in [0.2, 0.25) is 0 Å². The molecule has 4 N–H and O–H groups in total. The van der Waals surface area contributed by atoms with Crippen LogP contribution in [0, 0.1) is 6.92 Å². The van der Waals surface area contributed by atoms with E-state index in [1.165, 1.54) is 10.9 Å². The van der Waals surface area contributed by atoms with Gasteiger partial charge in [0.2, 0.25) is 5.88 Å². The number of imidazole rings is 1. The zero-order valence-corrected chi connectivity index (χ0v) is 14.1. The van der Waals surface area contributed by atoms with Gasteiger partial charge in [-0.2, -0.15) is 0 Å². The minimum absolute atomic E-state index is 0.0400. The summed E-state index contributed by atoms with van der Waals surface area (Å²) >= 11 is 0. The fourth-order valence-corrected chi connectivity index (χ4v) is 2.54. The molecular weight excluding hydrogens is 332 g/mol. The lowest BCUT2D eigenvalue weighted by molar-refractivity contribution is 0.0987. The van der Waals surface area contributed by atoms with Crippen molar-refractivity contribution in [1.29, 1.82) is 0 Å². The number of hydrogen-bond acceptors (Lipinski definition) is 4. The van der Waals surface area contributed by atoms with Gasteiger partial charge in [-0.25, -0.2) is 4.98 Å². The molecule has 1 aromatic heterocycles. The molecule has 0 saturated heterocycles. The van der Waals surface area contributed by atoms with Crippen LogP contribution in [0.15, 0.2) is 54.9 Å². The Labute approximate surface area is 150 Å². The summed E-state index contributed by atoms with van der Waals surface area (Å²) in [5.41, 5.74) is 8.40. The lowest BCUT2D eigenvalue weighted by Gasteiger charge is -2.09. The summed E-state index contributed by atoms with van der Waals surface area (Å²) in [6.45, 7) is 2.28. The van der Waals surface area contributed by atoms with E-state index in [1.807, 2.05) is 31.2 Å². The first-order chi connectivity index (χ1) is 12.4. The standard InChI is InChI=1S/C19H18N4O3/c1-12-2-6-14(7-3-12)18(25)22-15-8-4-13(5-9-15)10-23-11-21-19(26)16(23)17(20)24/h2-9,11,26H,10H2,1H3,(H2,20,24)(H,22,25). The van der Waals surface area contributed by atoms with Gasteiger partial charge in [0.05, 0.1) is 6.33 Å². The second-order valence-corrected chi connectivity index (χ2v) is 5.93. The number of carbonyl (C=O) groups is 2. The summed E-state index contributed by atoms with van der Waals surface area (Å²) in [5.74, 6) is -1.32. The van der Waals surface area contributed by atoms with Crippen LogP contribution in [-0.4, -0.2) is 26.5 Å². The maximum Gasteiger partial charge on any atom is 0.271 e. The highest BCUT2D eigenvalue weighted by atomic mass is 16.3. The van der Waals surface area contributed by atoms with Crippen molar-refractivity contribution < 1.29 is 14.7 Å². The van der Waals surface area contributed by atoms with Crippen LogP contribution in [0.4, 0.5) is 5.69 Å². The van der Waals surface area contributed by atoms with Crippen LogP contribution in [0.5, 0.6) is 5.88 Å². The molecule has 0 bridgehead atoms. The summed E-state index contributed by atoms with van der Waals surface area (Å²) < 4.78 is 1.47. The van der Waals surface area contributed by atoms with Crippen LogP contribution in [0.1, 0.15) is 32.0 Å². The van der Waals surface area contributed by atoms with Crippen molar-refractivity contribution >= 4 is 17.5 Å². The molecule has 2 aromatic carbocycles. The molecular formula is C19H18N4O3. The minimum atomic E-state index is -0.748. The topological polar surface area (TPSA) is 110 Å². The Bertz CT molecular complexity index is 944. The zero-order valence-electron chi connectivity index (χ0n) is 14.1. The monoisotopic (exact) mass is 350 g/mol. The summed E-state index contributed by atoms with van der Waals surface area (Å²) in [6.07, 6.45) is 1.35. The Morgan fingerprint density at radius 1 is 1.12 bits per heavy atom. The van der Waals surface area contributed by atoms with E-state index in [2.05, 4.69) is 10.3 Å². The number of nitrogens with one attached hydrogen (secondary N) is 1. The molecule has 26 heavy (non-hydrogen) atoms. The van der Waals surface area contributed by atoms with Gasteiger partial charge >= 0.3 is 0 Å². The van der Waals surface area contributed by atoms with Crippen molar-refractivity contribution in [3.05, 3.63) is 77.2 Å². The molecule has 0 atom stereocenters. The van der Waals surface area contributed by atoms with E-state index >= 15 is 0 Å². The highest BCUT2D eigenvalue weighted by Crippen LogP contribution is 2.17. The number of carbonyl (C=O) groups excluding carboxylic acids is 2. The van der Waals surface area contributed by atoms with Crippen molar-refractivity contribution in [2.75, 3.05) is 5.32 Å². The third-order valence-electron chi connectivity index (χ3n) is 3.93. The van der Waals surface area contributed by atoms with Crippen molar-refractivity contribution in [3.8, 4) is 5.88 Å². The number of aryl methyl sites for hydroxylation is 1. The number of nitrogens with zero attached hydrogens (tertiary/aromatic N) is 2. The molecule has 132 valence electrons. The van der Waals surface area contributed by atoms with E-state index < -0.39 is 5.91 Å². The van der Waals surface area contributed by atoms with Gasteiger partial charge in [-0.05, 0) is 36.8 Å². The van der Waals surface area contributed by atoms with Gasteiger partial charge in [-0.15, -0.1) is 0 Å². The molecule has 3 aromatic rings. The van der Waals surface area contributed by atoms with E-state index in [4.69, 9.17) is 5.73 Å². The number of hydrogen-bond donors (Lipinski definition) is 3. The Kier molecular flexibility index (Phi) is 4.70. The predicted molar refractivity (Wildman–Crippen MR) is 97.1 cm³/mol. The lowest BCUT2D eigenvalue weighted by atomic mass is 10.1. The van der Waals surface area contributed by atoms with Gasteiger partial charge in [0.15, 0.2) is 5.69 Å². The number of rotatable bonds is 5. The largest absolute Gasteiger partial charge is 0.492 e. The van der Waals surface area contributed by atoms with Gasteiger partial charge < -0.3 is 20.7 Å². The second kappa shape index (κ2) is 7.10. The molecule has 1 heterocycles. The molecule has 7 nitrogen and oxygen atoms in total. The van der Waals surface area contributed by atoms with E-state index in [1.54, 1.807) is 24.3 Å². The minimum Gasteiger partial charge on any atom is -0.492 e. The number of amides is 2. The first-order valence-corrected chi connectivity index (χ1v) is 7.95. The van der Waals surface area contributed by atoms with E-state index in [0.29, 0.717) is 17.8 Å². The smallest absolute Gasteiger partial charge is 0.271 e. The number of nitrogens with two attached hydrogens (primary N) is 1. The fourth-order valence-electron chi connectivity index (χ4n) is 2.54. The number of aromatic hydroxyl groups is 1. The van der Waals surface area contributed by atoms with Crippen LogP contribution in [-0.2, 0) is 6.54 Å². The average Bonchev–Trinajstić information content (AvgIpc) is 2.97.